The summed E-state index contributed by atoms with van der Waals surface area (Å²) in [6.07, 6.45) is 0.686. The minimum atomic E-state index is -0.279. The molecule has 0 radical (unpaired) electrons. The van der Waals surface area contributed by atoms with E-state index >= 15 is 0 Å². The standard InChI is InChI=1S/C16H14FNO/c1-10-8-12(6-7-13(10)17)16(19)15-9-11-4-2-3-5-14(11)18-15/h2-8,15,18H,9H2,1H3. The highest BCUT2D eigenvalue weighted by molar-refractivity contribution is 6.03. The van der Waals surface area contributed by atoms with E-state index in [4.69, 9.17) is 0 Å². The Morgan fingerprint density at radius 2 is 2.05 bits per heavy atom. The van der Waals surface area contributed by atoms with Crippen molar-refractivity contribution in [2.75, 3.05) is 5.32 Å². The summed E-state index contributed by atoms with van der Waals surface area (Å²) in [6, 6.07) is 12.2. The minimum absolute atomic E-state index is 0.0132. The molecule has 0 saturated carbocycles. The molecule has 0 fully saturated rings. The SMILES string of the molecule is Cc1cc(C(=O)C2Cc3ccccc3N2)ccc1F. The van der Waals surface area contributed by atoms with Gasteiger partial charge in [0.05, 0.1) is 6.04 Å². The molecule has 2 nitrogen and oxygen atoms in total. The van der Waals surface area contributed by atoms with Crippen LogP contribution in [0.15, 0.2) is 42.5 Å². The van der Waals surface area contributed by atoms with E-state index in [0.717, 1.165) is 11.3 Å². The summed E-state index contributed by atoms with van der Waals surface area (Å²) in [6.45, 7) is 1.67. The molecule has 3 heteroatoms. The summed E-state index contributed by atoms with van der Waals surface area (Å²) in [4.78, 5) is 12.4. The van der Waals surface area contributed by atoms with E-state index in [1.54, 1.807) is 19.1 Å². The fourth-order valence-electron chi connectivity index (χ4n) is 2.46. The van der Waals surface area contributed by atoms with E-state index in [-0.39, 0.29) is 17.6 Å². The van der Waals surface area contributed by atoms with Crippen LogP contribution in [0.25, 0.3) is 0 Å². The first-order valence-electron chi connectivity index (χ1n) is 6.30. The van der Waals surface area contributed by atoms with Crippen molar-refractivity contribution in [2.45, 2.75) is 19.4 Å². The van der Waals surface area contributed by atoms with Crippen LogP contribution in [0.5, 0.6) is 0 Å². The molecule has 3 rings (SSSR count). The van der Waals surface area contributed by atoms with Gasteiger partial charge in [0, 0.05) is 17.7 Å². The van der Waals surface area contributed by atoms with Crippen LogP contribution in [-0.4, -0.2) is 11.8 Å². The van der Waals surface area contributed by atoms with Crippen LogP contribution in [0.1, 0.15) is 21.5 Å². The maximum absolute atomic E-state index is 13.2. The van der Waals surface area contributed by atoms with E-state index < -0.39 is 0 Å². The number of para-hydroxylation sites is 1. The lowest BCUT2D eigenvalue weighted by Crippen LogP contribution is -2.27. The number of ketones is 1. The molecule has 1 atom stereocenters. The third kappa shape index (κ3) is 2.12. The highest BCUT2D eigenvalue weighted by Gasteiger charge is 2.27. The predicted molar refractivity (Wildman–Crippen MR) is 73.0 cm³/mol. The van der Waals surface area contributed by atoms with Gasteiger partial charge in [-0.2, -0.15) is 0 Å². The maximum Gasteiger partial charge on any atom is 0.185 e. The van der Waals surface area contributed by atoms with Crippen molar-refractivity contribution in [1.82, 2.24) is 0 Å². The molecule has 2 aromatic carbocycles. The van der Waals surface area contributed by atoms with Crippen molar-refractivity contribution >= 4 is 11.5 Å². The number of benzene rings is 2. The van der Waals surface area contributed by atoms with Crippen LogP contribution in [-0.2, 0) is 6.42 Å². The van der Waals surface area contributed by atoms with Gasteiger partial charge in [-0.05, 0) is 42.3 Å². The summed E-state index contributed by atoms with van der Waals surface area (Å²) in [7, 11) is 0. The number of hydrogen-bond acceptors (Lipinski definition) is 2. The second kappa shape index (κ2) is 4.50. The zero-order valence-corrected chi connectivity index (χ0v) is 10.6. The van der Waals surface area contributed by atoms with Gasteiger partial charge in [0.25, 0.3) is 0 Å². The summed E-state index contributed by atoms with van der Waals surface area (Å²) >= 11 is 0. The molecule has 2 aromatic rings. The molecule has 0 saturated heterocycles. The molecule has 0 aromatic heterocycles. The summed E-state index contributed by atoms with van der Waals surface area (Å²) < 4.78 is 13.2. The van der Waals surface area contributed by atoms with Gasteiger partial charge in [-0.15, -0.1) is 0 Å². The van der Waals surface area contributed by atoms with E-state index in [1.165, 1.54) is 6.07 Å². The van der Waals surface area contributed by atoms with Gasteiger partial charge in [0.15, 0.2) is 5.78 Å². The number of aryl methyl sites for hydroxylation is 1. The number of carbonyl (C=O) groups is 1. The lowest BCUT2D eigenvalue weighted by Gasteiger charge is -2.10. The van der Waals surface area contributed by atoms with Crippen LogP contribution in [0.2, 0.25) is 0 Å². The van der Waals surface area contributed by atoms with Crippen LogP contribution in [0.3, 0.4) is 0 Å². The zero-order chi connectivity index (χ0) is 13.4. The van der Waals surface area contributed by atoms with Crippen molar-refractivity contribution in [2.24, 2.45) is 0 Å². The van der Waals surface area contributed by atoms with Crippen molar-refractivity contribution in [3.05, 3.63) is 65.0 Å². The normalized spacial score (nSPS) is 16.8. The van der Waals surface area contributed by atoms with Crippen molar-refractivity contribution < 1.29 is 9.18 Å². The van der Waals surface area contributed by atoms with Gasteiger partial charge in [-0.1, -0.05) is 18.2 Å². The van der Waals surface area contributed by atoms with Gasteiger partial charge in [0.1, 0.15) is 5.82 Å². The number of rotatable bonds is 2. The van der Waals surface area contributed by atoms with Crippen LogP contribution in [0, 0.1) is 12.7 Å². The molecule has 1 aliphatic heterocycles. The van der Waals surface area contributed by atoms with Crippen molar-refractivity contribution in [3.8, 4) is 0 Å². The molecule has 19 heavy (non-hydrogen) atoms. The fourth-order valence-corrected chi connectivity index (χ4v) is 2.46. The average molecular weight is 255 g/mol. The topological polar surface area (TPSA) is 29.1 Å². The molecule has 0 bridgehead atoms. The summed E-state index contributed by atoms with van der Waals surface area (Å²) in [5, 5.41) is 3.22. The molecule has 1 N–H and O–H groups in total. The highest BCUT2D eigenvalue weighted by Crippen LogP contribution is 2.27. The lowest BCUT2D eigenvalue weighted by atomic mass is 9.99. The average Bonchev–Trinajstić information content (AvgIpc) is 2.85. The third-order valence-corrected chi connectivity index (χ3v) is 3.53. The molecule has 0 spiro atoms. The molecule has 0 aliphatic carbocycles. The Labute approximate surface area is 111 Å². The number of fused-ring (bicyclic) bond motifs is 1. The van der Waals surface area contributed by atoms with Crippen LogP contribution in [0.4, 0.5) is 10.1 Å². The molecular formula is C16H14FNO. The molecule has 1 heterocycles. The third-order valence-electron chi connectivity index (χ3n) is 3.53. The number of nitrogens with one attached hydrogen (secondary N) is 1. The van der Waals surface area contributed by atoms with E-state index in [1.807, 2.05) is 24.3 Å². The number of halogens is 1. The summed E-state index contributed by atoms with van der Waals surface area (Å²) in [5.41, 5.74) is 3.23. The first kappa shape index (κ1) is 11.9. The second-order valence-electron chi connectivity index (χ2n) is 4.89. The van der Waals surface area contributed by atoms with Crippen LogP contribution >= 0.6 is 0 Å². The second-order valence-corrected chi connectivity index (χ2v) is 4.89. The van der Waals surface area contributed by atoms with E-state index in [2.05, 4.69) is 5.32 Å². The predicted octanol–water partition coefficient (Wildman–Crippen LogP) is 3.35. The quantitative estimate of drug-likeness (QED) is 0.834. The Bertz CT molecular complexity index is 626. The zero-order valence-electron chi connectivity index (χ0n) is 10.6. The van der Waals surface area contributed by atoms with Gasteiger partial charge in [-0.3, -0.25) is 4.79 Å². The number of carbonyl (C=O) groups excluding carboxylic acids is 1. The summed E-state index contributed by atoms with van der Waals surface area (Å²) in [5.74, 6) is -0.265. The monoisotopic (exact) mass is 255 g/mol. The number of anilines is 1. The Hall–Kier alpha value is -2.16. The minimum Gasteiger partial charge on any atom is -0.374 e. The molecule has 1 unspecified atom stereocenters. The fraction of sp³-hybridized carbons (Fsp3) is 0.188. The highest BCUT2D eigenvalue weighted by atomic mass is 19.1. The Morgan fingerprint density at radius 1 is 1.26 bits per heavy atom. The first-order chi connectivity index (χ1) is 9.15. The Morgan fingerprint density at radius 3 is 2.79 bits per heavy atom. The Kier molecular flexibility index (Phi) is 2.82. The van der Waals surface area contributed by atoms with Crippen molar-refractivity contribution in [1.29, 1.82) is 0 Å². The van der Waals surface area contributed by atoms with Gasteiger partial charge in [-0.25, -0.2) is 4.39 Å². The molecular weight excluding hydrogens is 241 g/mol. The van der Waals surface area contributed by atoms with E-state index in [0.29, 0.717) is 17.5 Å². The molecule has 0 amide bonds. The van der Waals surface area contributed by atoms with Crippen molar-refractivity contribution in [3.63, 3.8) is 0 Å². The van der Waals surface area contributed by atoms with Gasteiger partial charge < -0.3 is 5.32 Å². The molecule has 96 valence electrons. The van der Waals surface area contributed by atoms with Crippen LogP contribution < -0.4 is 5.32 Å². The lowest BCUT2D eigenvalue weighted by molar-refractivity contribution is 0.0971. The maximum atomic E-state index is 13.2. The number of hydrogen-bond donors (Lipinski definition) is 1. The van der Waals surface area contributed by atoms with Gasteiger partial charge >= 0.3 is 0 Å². The smallest absolute Gasteiger partial charge is 0.185 e. The van der Waals surface area contributed by atoms with E-state index in [9.17, 15) is 9.18 Å². The molecule has 1 aliphatic rings. The van der Waals surface area contributed by atoms with Gasteiger partial charge in [0.2, 0.25) is 0 Å². The largest absolute Gasteiger partial charge is 0.374 e. The number of Topliss-reactive ketones (excluding diaryl/α,β-unsaturated/α-hetero) is 1. The first-order valence-corrected chi connectivity index (χ1v) is 6.30. The Balaban J connectivity index is 1.85.